The third-order valence-corrected chi connectivity index (χ3v) is 4.48. The SMILES string of the molecule is O=C(NCCc1ccc(-n2cccn2)cc1)c1ccc(Br)c([N+](=O)[O-])c1. The molecule has 26 heavy (non-hydrogen) atoms. The van der Waals surface area contributed by atoms with Gasteiger partial charge in [0.2, 0.25) is 0 Å². The first kappa shape index (κ1) is 17.8. The van der Waals surface area contributed by atoms with Crippen LogP contribution in [0.4, 0.5) is 5.69 Å². The summed E-state index contributed by atoms with van der Waals surface area (Å²) < 4.78 is 2.11. The molecule has 1 N–H and O–H groups in total. The van der Waals surface area contributed by atoms with Gasteiger partial charge < -0.3 is 5.32 Å². The summed E-state index contributed by atoms with van der Waals surface area (Å²) in [6.07, 6.45) is 4.24. The first-order chi connectivity index (χ1) is 12.5. The average molecular weight is 415 g/mol. The van der Waals surface area contributed by atoms with Crippen LogP contribution in [-0.4, -0.2) is 27.2 Å². The largest absolute Gasteiger partial charge is 0.352 e. The summed E-state index contributed by atoms with van der Waals surface area (Å²) in [5.74, 6) is -0.339. The van der Waals surface area contributed by atoms with Crippen LogP contribution >= 0.6 is 15.9 Å². The zero-order valence-electron chi connectivity index (χ0n) is 13.6. The Kier molecular flexibility index (Phi) is 5.43. The van der Waals surface area contributed by atoms with Crippen molar-refractivity contribution in [2.24, 2.45) is 0 Å². The minimum absolute atomic E-state index is 0.133. The maximum absolute atomic E-state index is 12.2. The monoisotopic (exact) mass is 414 g/mol. The smallest absolute Gasteiger partial charge is 0.284 e. The van der Waals surface area contributed by atoms with Crippen molar-refractivity contribution in [1.29, 1.82) is 0 Å². The number of aromatic nitrogens is 2. The fourth-order valence-electron chi connectivity index (χ4n) is 2.45. The molecule has 1 amide bonds. The molecule has 0 aliphatic rings. The quantitative estimate of drug-likeness (QED) is 0.493. The first-order valence-electron chi connectivity index (χ1n) is 7.86. The molecule has 0 saturated heterocycles. The number of hydrogen-bond acceptors (Lipinski definition) is 4. The standard InChI is InChI=1S/C18H15BrN4O3/c19-16-7-4-14(12-17(16)23(25)26)18(24)20-10-8-13-2-5-15(6-3-13)22-11-1-9-21-22/h1-7,9,11-12H,8,10H2,(H,20,24). The third kappa shape index (κ3) is 4.15. The summed E-state index contributed by atoms with van der Waals surface area (Å²) in [5.41, 5.74) is 2.16. The van der Waals surface area contributed by atoms with Crippen molar-refractivity contribution in [3.05, 3.63) is 86.6 Å². The van der Waals surface area contributed by atoms with Crippen LogP contribution in [0.1, 0.15) is 15.9 Å². The molecule has 3 rings (SSSR count). The van der Waals surface area contributed by atoms with Crippen molar-refractivity contribution in [2.75, 3.05) is 6.54 Å². The molecule has 0 bridgehead atoms. The van der Waals surface area contributed by atoms with Crippen LogP contribution < -0.4 is 5.32 Å². The van der Waals surface area contributed by atoms with Gasteiger partial charge in [-0.1, -0.05) is 12.1 Å². The van der Waals surface area contributed by atoms with E-state index >= 15 is 0 Å². The van der Waals surface area contributed by atoms with Crippen LogP contribution in [0.25, 0.3) is 5.69 Å². The summed E-state index contributed by atoms with van der Waals surface area (Å²) in [6, 6.07) is 14.0. The Morgan fingerprint density at radius 2 is 2.00 bits per heavy atom. The zero-order valence-corrected chi connectivity index (χ0v) is 15.2. The second-order valence-electron chi connectivity index (χ2n) is 5.55. The molecule has 0 aliphatic heterocycles. The van der Waals surface area contributed by atoms with Gasteiger partial charge in [0.1, 0.15) is 0 Å². The Morgan fingerprint density at radius 1 is 1.23 bits per heavy atom. The lowest BCUT2D eigenvalue weighted by atomic mass is 10.1. The van der Waals surface area contributed by atoms with Crippen molar-refractivity contribution in [2.45, 2.75) is 6.42 Å². The third-order valence-electron chi connectivity index (χ3n) is 3.81. The van der Waals surface area contributed by atoms with E-state index in [4.69, 9.17) is 0 Å². The molecule has 0 spiro atoms. The predicted octanol–water partition coefficient (Wildman–Crippen LogP) is 3.52. The van der Waals surface area contributed by atoms with Gasteiger partial charge in [-0.2, -0.15) is 5.10 Å². The summed E-state index contributed by atoms with van der Waals surface area (Å²) in [7, 11) is 0. The topological polar surface area (TPSA) is 90.1 Å². The number of nitrogens with one attached hydrogen (secondary N) is 1. The minimum atomic E-state index is -0.526. The van der Waals surface area contributed by atoms with E-state index in [1.54, 1.807) is 16.9 Å². The van der Waals surface area contributed by atoms with E-state index in [9.17, 15) is 14.9 Å². The highest BCUT2D eigenvalue weighted by molar-refractivity contribution is 9.10. The van der Waals surface area contributed by atoms with Gasteiger partial charge in [-0.25, -0.2) is 4.68 Å². The van der Waals surface area contributed by atoms with E-state index in [2.05, 4.69) is 26.3 Å². The van der Waals surface area contributed by atoms with E-state index in [1.807, 2.05) is 36.5 Å². The lowest BCUT2D eigenvalue weighted by Crippen LogP contribution is -2.25. The molecule has 0 atom stereocenters. The highest BCUT2D eigenvalue weighted by atomic mass is 79.9. The fourth-order valence-corrected chi connectivity index (χ4v) is 2.84. The Morgan fingerprint density at radius 3 is 2.65 bits per heavy atom. The number of nitrogens with zero attached hydrogens (tertiary/aromatic N) is 3. The molecule has 0 saturated carbocycles. The number of amides is 1. The number of carbonyl (C=O) groups excluding carboxylic acids is 1. The normalized spacial score (nSPS) is 10.5. The van der Waals surface area contributed by atoms with E-state index in [0.29, 0.717) is 17.4 Å². The lowest BCUT2D eigenvalue weighted by Gasteiger charge is -2.07. The van der Waals surface area contributed by atoms with Crippen LogP contribution in [0.5, 0.6) is 0 Å². The molecule has 3 aromatic rings. The molecule has 0 unspecified atom stereocenters. The van der Waals surface area contributed by atoms with Crippen molar-refractivity contribution in [3.63, 3.8) is 0 Å². The second-order valence-corrected chi connectivity index (χ2v) is 6.40. The van der Waals surface area contributed by atoms with Crippen molar-refractivity contribution >= 4 is 27.5 Å². The molecular weight excluding hydrogens is 400 g/mol. The molecule has 0 fully saturated rings. The Labute approximate surface area is 157 Å². The van der Waals surface area contributed by atoms with Gasteiger partial charge >= 0.3 is 0 Å². The van der Waals surface area contributed by atoms with Gasteiger partial charge in [0, 0.05) is 30.6 Å². The van der Waals surface area contributed by atoms with Gasteiger partial charge in [0.15, 0.2) is 0 Å². The van der Waals surface area contributed by atoms with E-state index in [1.165, 1.54) is 12.1 Å². The van der Waals surface area contributed by atoms with Gasteiger partial charge in [-0.15, -0.1) is 0 Å². The minimum Gasteiger partial charge on any atom is -0.352 e. The number of rotatable bonds is 6. The second kappa shape index (κ2) is 7.92. The summed E-state index contributed by atoms with van der Waals surface area (Å²) >= 11 is 3.10. The summed E-state index contributed by atoms with van der Waals surface area (Å²) in [5, 5.41) is 17.9. The number of hydrogen-bond donors (Lipinski definition) is 1. The lowest BCUT2D eigenvalue weighted by molar-refractivity contribution is -0.385. The van der Waals surface area contributed by atoms with Gasteiger partial charge in [-0.05, 0) is 58.2 Å². The van der Waals surface area contributed by atoms with Crippen LogP contribution in [0.15, 0.2) is 65.4 Å². The molecule has 0 aliphatic carbocycles. The molecule has 8 heteroatoms. The number of nitro benzene ring substituents is 1. The number of halogens is 1. The molecule has 1 aromatic heterocycles. The van der Waals surface area contributed by atoms with Crippen molar-refractivity contribution in [1.82, 2.24) is 15.1 Å². The van der Waals surface area contributed by atoms with Gasteiger partial charge in [-0.3, -0.25) is 14.9 Å². The van der Waals surface area contributed by atoms with E-state index in [0.717, 1.165) is 11.3 Å². The summed E-state index contributed by atoms with van der Waals surface area (Å²) in [4.78, 5) is 22.6. The average Bonchev–Trinajstić information content (AvgIpc) is 3.17. The zero-order chi connectivity index (χ0) is 18.5. The molecule has 1 heterocycles. The van der Waals surface area contributed by atoms with Crippen molar-refractivity contribution in [3.8, 4) is 5.69 Å². The number of benzene rings is 2. The van der Waals surface area contributed by atoms with E-state index in [-0.39, 0.29) is 17.2 Å². The van der Waals surface area contributed by atoms with Crippen LogP contribution in [-0.2, 0) is 6.42 Å². The summed E-state index contributed by atoms with van der Waals surface area (Å²) in [6.45, 7) is 0.434. The highest BCUT2D eigenvalue weighted by Gasteiger charge is 2.15. The molecule has 0 radical (unpaired) electrons. The number of carbonyl (C=O) groups is 1. The van der Waals surface area contributed by atoms with Crippen LogP contribution in [0.3, 0.4) is 0 Å². The van der Waals surface area contributed by atoms with Crippen LogP contribution in [0, 0.1) is 10.1 Å². The Balaban J connectivity index is 1.57. The predicted molar refractivity (Wildman–Crippen MR) is 100 cm³/mol. The Bertz CT molecular complexity index is 924. The van der Waals surface area contributed by atoms with Crippen LogP contribution in [0.2, 0.25) is 0 Å². The maximum Gasteiger partial charge on any atom is 0.284 e. The van der Waals surface area contributed by atoms with E-state index < -0.39 is 4.92 Å². The Hall–Kier alpha value is -3.00. The maximum atomic E-state index is 12.2. The fraction of sp³-hybridized carbons (Fsp3) is 0.111. The van der Waals surface area contributed by atoms with Gasteiger partial charge in [0.25, 0.3) is 11.6 Å². The number of nitro groups is 1. The first-order valence-corrected chi connectivity index (χ1v) is 8.65. The molecule has 132 valence electrons. The van der Waals surface area contributed by atoms with Gasteiger partial charge in [0.05, 0.1) is 15.1 Å². The highest BCUT2D eigenvalue weighted by Crippen LogP contribution is 2.25. The molecular formula is C18H15BrN4O3. The molecule has 7 nitrogen and oxygen atoms in total. The molecule has 2 aromatic carbocycles. The van der Waals surface area contributed by atoms with Crippen molar-refractivity contribution < 1.29 is 9.72 Å².